The van der Waals surface area contributed by atoms with Gasteiger partial charge < -0.3 is 14.3 Å². The molecule has 1 amide bonds. The van der Waals surface area contributed by atoms with Gasteiger partial charge in [-0.1, -0.05) is 35.1 Å². The molecule has 3 aromatic heterocycles. The third-order valence-corrected chi connectivity index (χ3v) is 5.14. The average molecular weight is 384 g/mol. The van der Waals surface area contributed by atoms with E-state index in [2.05, 4.69) is 10.3 Å². The lowest BCUT2D eigenvalue weighted by Crippen LogP contribution is -2.23. The van der Waals surface area contributed by atoms with E-state index < -0.39 is 0 Å². The van der Waals surface area contributed by atoms with Crippen molar-refractivity contribution in [2.24, 2.45) is 0 Å². The number of hydrogen-bond donors (Lipinski definition) is 1. The zero-order valence-corrected chi connectivity index (χ0v) is 15.1. The van der Waals surface area contributed by atoms with Crippen molar-refractivity contribution in [2.75, 3.05) is 0 Å². The molecule has 130 valence electrons. The van der Waals surface area contributed by atoms with Gasteiger partial charge >= 0.3 is 0 Å². The van der Waals surface area contributed by atoms with E-state index in [1.165, 1.54) is 11.3 Å². The molecule has 1 N–H and O–H groups in total. The van der Waals surface area contributed by atoms with E-state index in [1.54, 1.807) is 24.5 Å². The molecule has 4 rings (SSSR count). The normalized spacial score (nSPS) is 10.8. The largest absolute Gasteiger partial charge is 0.467 e. The van der Waals surface area contributed by atoms with Crippen LogP contribution in [0.3, 0.4) is 0 Å². The molecule has 0 spiro atoms. The first-order valence-corrected chi connectivity index (χ1v) is 9.11. The standard InChI is InChI=1S/C19H14ClN3O2S/c20-14-7-5-13(6-8-14)17-16(18(24)21-12-15-4-3-11-25-15)22-19(26-17)23-9-1-2-10-23/h1-11H,12H2,(H,21,24). The number of nitrogens with zero attached hydrogens (tertiary/aromatic N) is 2. The Morgan fingerprint density at radius 1 is 1.15 bits per heavy atom. The van der Waals surface area contributed by atoms with Gasteiger partial charge in [-0.25, -0.2) is 4.98 Å². The Bertz CT molecular complexity index is 1010. The fraction of sp³-hybridized carbons (Fsp3) is 0.0526. The minimum absolute atomic E-state index is 0.249. The Labute approximate surface area is 158 Å². The molecule has 0 bridgehead atoms. The Balaban J connectivity index is 1.69. The molecule has 0 saturated carbocycles. The lowest BCUT2D eigenvalue weighted by Gasteiger charge is -2.04. The van der Waals surface area contributed by atoms with Crippen LogP contribution in [0.5, 0.6) is 0 Å². The zero-order valence-electron chi connectivity index (χ0n) is 13.6. The maximum absolute atomic E-state index is 12.7. The average Bonchev–Trinajstić information content (AvgIpc) is 3.41. The van der Waals surface area contributed by atoms with Gasteiger partial charge in [0.05, 0.1) is 17.7 Å². The second kappa shape index (κ2) is 7.19. The number of carbonyl (C=O) groups excluding carboxylic acids is 1. The Morgan fingerprint density at radius 2 is 1.92 bits per heavy atom. The molecule has 1 aromatic carbocycles. The van der Waals surface area contributed by atoms with E-state index in [4.69, 9.17) is 16.0 Å². The molecule has 0 unspecified atom stereocenters. The van der Waals surface area contributed by atoms with E-state index in [9.17, 15) is 4.79 Å². The van der Waals surface area contributed by atoms with E-state index in [0.29, 0.717) is 23.0 Å². The van der Waals surface area contributed by atoms with Crippen LogP contribution in [0.2, 0.25) is 5.02 Å². The molecule has 0 atom stereocenters. The molecule has 4 aromatic rings. The number of furan rings is 1. The van der Waals surface area contributed by atoms with Crippen LogP contribution in [0, 0.1) is 0 Å². The van der Waals surface area contributed by atoms with Crippen LogP contribution in [0.25, 0.3) is 15.6 Å². The third-order valence-electron chi connectivity index (χ3n) is 3.77. The van der Waals surface area contributed by atoms with Crippen LogP contribution >= 0.6 is 22.9 Å². The summed E-state index contributed by atoms with van der Waals surface area (Å²) in [6.07, 6.45) is 5.37. The number of amides is 1. The highest BCUT2D eigenvalue weighted by Gasteiger charge is 2.20. The Kier molecular flexibility index (Phi) is 4.60. The van der Waals surface area contributed by atoms with Gasteiger partial charge in [-0.3, -0.25) is 4.79 Å². The van der Waals surface area contributed by atoms with Crippen LogP contribution in [0.4, 0.5) is 0 Å². The summed E-state index contributed by atoms with van der Waals surface area (Å²) in [6, 6.07) is 14.8. The number of thiazole rings is 1. The maximum Gasteiger partial charge on any atom is 0.271 e. The molecule has 0 saturated heterocycles. The quantitative estimate of drug-likeness (QED) is 0.539. The molecule has 0 aliphatic carbocycles. The number of carbonyl (C=O) groups is 1. The van der Waals surface area contributed by atoms with Crippen LogP contribution in [-0.4, -0.2) is 15.5 Å². The summed E-state index contributed by atoms with van der Waals surface area (Å²) in [5, 5.41) is 4.23. The van der Waals surface area contributed by atoms with Gasteiger partial charge in [-0.2, -0.15) is 0 Å². The second-order valence-electron chi connectivity index (χ2n) is 5.53. The van der Waals surface area contributed by atoms with Crippen molar-refractivity contribution >= 4 is 28.8 Å². The van der Waals surface area contributed by atoms with Crippen molar-refractivity contribution < 1.29 is 9.21 Å². The van der Waals surface area contributed by atoms with E-state index in [0.717, 1.165) is 15.6 Å². The first-order chi connectivity index (χ1) is 12.7. The summed E-state index contributed by atoms with van der Waals surface area (Å²) in [5.74, 6) is 0.438. The number of halogens is 1. The van der Waals surface area contributed by atoms with E-state index in [1.807, 2.05) is 47.3 Å². The van der Waals surface area contributed by atoms with Crippen molar-refractivity contribution in [3.8, 4) is 15.6 Å². The van der Waals surface area contributed by atoms with Gasteiger partial charge in [0.1, 0.15) is 11.5 Å². The van der Waals surface area contributed by atoms with Crippen LogP contribution in [0.15, 0.2) is 71.6 Å². The molecule has 0 radical (unpaired) electrons. The summed E-state index contributed by atoms with van der Waals surface area (Å²) in [4.78, 5) is 18.1. The summed E-state index contributed by atoms with van der Waals surface area (Å²) >= 11 is 7.44. The molecule has 0 aliphatic rings. The summed E-state index contributed by atoms with van der Waals surface area (Å²) in [7, 11) is 0. The van der Waals surface area contributed by atoms with Gasteiger partial charge in [-0.15, -0.1) is 0 Å². The summed E-state index contributed by atoms with van der Waals surface area (Å²) in [5.41, 5.74) is 1.28. The highest BCUT2D eigenvalue weighted by Crippen LogP contribution is 2.33. The molecular formula is C19H14ClN3O2S. The molecule has 7 heteroatoms. The van der Waals surface area contributed by atoms with E-state index in [-0.39, 0.29) is 5.91 Å². The summed E-state index contributed by atoms with van der Waals surface area (Å²) in [6.45, 7) is 0.308. The van der Waals surface area contributed by atoms with Crippen molar-refractivity contribution in [1.82, 2.24) is 14.9 Å². The van der Waals surface area contributed by atoms with Gasteiger partial charge in [0, 0.05) is 17.4 Å². The first-order valence-electron chi connectivity index (χ1n) is 7.91. The predicted octanol–water partition coefficient (Wildman–Crippen LogP) is 4.78. The molecule has 3 heterocycles. The molecule has 0 fully saturated rings. The fourth-order valence-electron chi connectivity index (χ4n) is 2.50. The monoisotopic (exact) mass is 383 g/mol. The number of benzene rings is 1. The molecule has 0 aliphatic heterocycles. The van der Waals surface area contributed by atoms with Crippen molar-refractivity contribution in [2.45, 2.75) is 6.54 Å². The van der Waals surface area contributed by atoms with E-state index >= 15 is 0 Å². The highest BCUT2D eigenvalue weighted by molar-refractivity contribution is 7.17. The van der Waals surface area contributed by atoms with Crippen molar-refractivity contribution in [1.29, 1.82) is 0 Å². The maximum atomic E-state index is 12.7. The molecule has 5 nitrogen and oxygen atoms in total. The Morgan fingerprint density at radius 3 is 2.62 bits per heavy atom. The number of nitrogens with one attached hydrogen (secondary N) is 1. The van der Waals surface area contributed by atoms with Crippen LogP contribution in [0.1, 0.15) is 16.2 Å². The van der Waals surface area contributed by atoms with Crippen molar-refractivity contribution in [3.05, 3.63) is 83.7 Å². The minimum Gasteiger partial charge on any atom is -0.467 e. The van der Waals surface area contributed by atoms with Crippen LogP contribution < -0.4 is 5.32 Å². The predicted molar refractivity (Wildman–Crippen MR) is 102 cm³/mol. The van der Waals surface area contributed by atoms with Gasteiger partial charge in [-0.05, 0) is 42.0 Å². The van der Waals surface area contributed by atoms with Gasteiger partial charge in [0.25, 0.3) is 5.91 Å². The zero-order chi connectivity index (χ0) is 17.9. The Hall–Kier alpha value is -2.83. The summed E-state index contributed by atoms with van der Waals surface area (Å²) < 4.78 is 7.14. The third kappa shape index (κ3) is 3.42. The minimum atomic E-state index is -0.249. The SMILES string of the molecule is O=C(NCc1ccco1)c1nc(-n2cccc2)sc1-c1ccc(Cl)cc1. The molecule has 26 heavy (non-hydrogen) atoms. The van der Waals surface area contributed by atoms with Crippen molar-refractivity contribution in [3.63, 3.8) is 0 Å². The topological polar surface area (TPSA) is 60.1 Å². The second-order valence-corrected chi connectivity index (χ2v) is 6.95. The van der Waals surface area contributed by atoms with Crippen LogP contribution in [-0.2, 0) is 6.54 Å². The smallest absolute Gasteiger partial charge is 0.271 e. The number of rotatable bonds is 5. The number of aromatic nitrogens is 2. The molecular weight excluding hydrogens is 370 g/mol. The lowest BCUT2D eigenvalue weighted by atomic mass is 10.1. The lowest BCUT2D eigenvalue weighted by molar-refractivity contribution is 0.0944. The van der Waals surface area contributed by atoms with Gasteiger partial charge in [0.15, 0.2) is 5.13 Å². The van der Waals surface area contributed by atoms with Gasteiger partial charge in [0.2, 0.25) is 0 Å². The number of hydrogen-bond acceptors (Lipinski definition) is 4. The fourth-order valence-corrected chi connectivity index (χ4v) is 3.66. The first kappa shape index (κ1) is 16.6. The highest BCUT2D eigenvalue weighted by atomic mass is 35.5.